The van der Waals surface area contributed by atoms with E-state index in [1.807, 2.05) is 12.1 Å². The summed E-state index contributed by atoms with van der Waals surface area (Å²) in [5.74, 6) is -5.44. The second-order valence-corrected chi connectivity index (χ2v) is 9.89. The SMILES string of the molecule is COc1ccc(/C=C/c2ccc(O)c3c2C[C@H]2C[C@H]4CC(O)=C(C(N)=O)C(=O)[C@@]4(O)C(O)=C2C3=O)cc1OC. The van der Waals surface area contributed by atoms with Gasteiger partial charge in [0, 0.05) is 17.9 Å². The van der Waals surface area contributed by atoms with Crippen molar-refractivity contribution >= 4 is 29.6 Å². The molecule has 10 heteroatoms. The molecular formula is C29H27NO9. The number of ketones is 2. The minimum atomic E-state index is -2.59. The van der Waals surface area contributed by atoms with Crippen LogP contribution >= 0.6 is 0 Å². The Kier molecular flexibility index (Phi) is 6.22. The van der Waals surface area contributed by atoms with Crippen LogP contribution in [0.1, 0.15) is 39.9 Å². The van der Waals surface area contributed by atoms with E-state index >= 15 is 0 Å². The molecule has 0 spiro atoms. The number of hydrogen-bond donors (Lipinski definition) is 5. The molecule has 0 bridgehead atoms. The van der Waals surface area contributed by atoms with E-state index < -0.39 is 52.0 Å². The normalized spacial score (nSPS) is 24.4. The highest BCUT2D eigenvalue weighted by atomic mass is 16.5. The molecule has 6 N–H and O–H groups in total. The van der Waals surface area contributed by atoms with Gasteiger partial charge in [-0.2, -0.15) is 0 Å². The highest BCUT2D eigenvalue weighted by Crippen LogP contribution is 2.51. The largest absolute Gasteiger partial charge is 0.511 e. The Morgan fingerprint density at radius 3 is 2.41 bits per heavy atom. The number of aliphatic hydroxyl groups excluding tert-OH is 2. The van der Waals surface area contributed by atoms with Crippen LogP contribution in [0, 0.1) is 11.8 Å². The molecule has 3 aliphatic carbocycles. The van der Waals surface area contributed by atoms with Crippen molar-refractivity contribution in [2.24, 2.45) is 17.6 Å². The number of hydrogen-bond acceptors (Lipinski definition) is 9. The number of primary amides is 1. The van der Waals surface area contributed by atoms with E-state index in [0.717, 1.165) is 5.56 Å². The van der Waals surface area contributed by atoms with E-state index in [-0.39, 0.29) is 36.1 Å². The van der Waals surface area contributed by atoms with Gasteiger partial charge in [-0.05, 0) is 53.6 Å². The van der Waals surface area contributed by atoms with Crippen LogP contribution in [-0.2, 0) is 16.0 Å². The van der Waals surface area contributed by atoms with Crippen LogP contribution in [0.4, 0.5) is 0 Å². The summed E-state index contributed by atoms with van der Waals surface area (Å²) >= 11 is 0. The molecule has 10 nitrogen and oxygen atoms in total. The molecule has 0 aliphatic heterocycles. The molecule has 2 aromatic carbocycles. The van der Waals surface area contributed by atoms with Gasteiger partial charge in [0.05, 0.1) is 19.8 Å². The first-order valence-electron chi connectivity index (χ1n) is 12.2. The molecule has 0 aromatic heterocycles. The van der Waals surface area contributed by atoms with Gasteiger partial charge in [-0.3, -0.25) is 14.4 Å². The Morgan fingerprint density at radius 2 is 1.74 bits per heavy atom. The third-order valence-corrected chi connectivity index (χ3v) is 7.84. The van der Waals surface area contributed by atoms with Crippen molar-refractivity contribution < 1.29 is 44.3 Å². The van der Waals surface area contributed by atoms with Crippen LogP contribution in [0.3, 0.4) is 0 Å². The number of carbonyl (C=O) groups excluding carboxylic acids is 3. The number of ether oxygens (including phenoxy) is 2. The van der Waals surface area contributed by atoms with Crippen LogP contribution in [0.15, 0.2) is 53.0 Å². The maximum Gasteiger partial charge on any atom is 0.255 e. The van der Waals surface area contributed by atoms with E-state index in [2.05, 4.69) is 0 Å². The van der Waals surface area contributed by atoms with Gasteiger partial charge in [0.2, 0.25) is 5.78 Å². The summed E-state index contributed by atoms with van der Waals surface area (Å²) in [7, 11) is 3.07. The minimum Gasteiger partial charge on any atom is -0.511 e. The quantitative estimate of drug-likeness (QED) is 0.286. The second-order valence-electron chi connectivity index (χ2n) is 9.89. The number of Topliss-reactive ketones (excluding diaryl/α,β-unsaturated/α-hetero) is 2. The van der Waals surface area contributed by atoms with Crippen molar-refractivity contribution in [3.05, 3.63) is 75.3 Å². The van der Waals surface area contributed by atoms with E-state index in [4.69, 9.17) is 15.2 Å². The average Bonchev–Trinajstić information content (AvgIpc) is 2.89. The van der Waals surface area contributed by atoms with E-state index in [1.165, 1.54) is 20.3 Å². The zero-order chi connectivity index (χ0) is 28.2. The lowest BCUT2D eigenvalue weighted by atomic mass is 9.60. The molecule has 0 radical (unpaired) electrons. The molecule has 2 aromatic rings. The number of phenolic OH excluding ortho intramolecular Hbond substituents is 1. The van der Waals surface area contributed by atoms with Crippen molar-refractivity contribution in [2.75, 3.05) is 14.2 Å². The number of aromatic hydroxyl groups is 1. The van der Waals surface area contributed by atoms with Crippen LogP contribution < -0.4 is 15.2 Å². The zero-order valence-electron chi connectivity index (χ0n) is 21.2. The van der Waals surface area contributed by atoms with E-state index in [0.29, 0.717) is 22.6 Å². The predicted octanol–water partition coefficient (Wildman–Crippen LogP) is 2.77. The topological polar surface area (TPSA) is 177 Å². The van der Waals surface area contributed by atoms with Gasteiger partial charge in [-0.25, -0.2) is 0 Å². The Balaban J connectivity index is 1.57. The number of carbonyl (C=O) groups is 3. The van der Waals surface area contributed by atoms with Gasteiger partial charge in [0.1, 0.15) is 22.8 Å². The molecule has 202 valence electrons. The van der Waals surface area contributed by atoms with Crippen molar-refractivity contribution in [3.63, 3.8) is 0 Å². The fraction of sp³-hybridized carbons (Fsp3) is 0.276. The van der Waals surface area contributed by atoms with Crippen LogP contribution in [-0.4, -0.2) is 57.7 Å². The number of fused-ring (bicyclic) bond motifs is 3. The van der Waals surface area contributed by atoms with Crippen molar-refractivity contribution in [2.45, 2.75) is 24.9 Å². The monoisotopic (exact) mass is 533 g/mol. The molecule has 0 heterocycles. The Hall–Kier alpha value is -4.57. The van der Waals surface area contributed by atoms with Crippen LogP contribution in [0.2, 0.25) is 0 Å². The highest BCUT2D eigenvalue weighted by Gasteiger charge is 2.59. The van der Waals surface area contributed by atoms with Gasteiger partial charge in [0.15, 0.2) is 22.9 Å². The maximum atomic E-state index is 13.7. The minimum absolute atomic E-state index is 0.0407. The van der Waals surface area contributed by atoms with Gasteiger partial charge in [-0.1, -0.05) is 24.3 Å². The van der Waals surface area contributed by atoms with Crippen molar-refractivity contribution in [3.8, 4) is 17.2 Å². The molecule has 0 saturated heterocycles. The standard InChI is InChI=1S/C29H27NO9/c1-38-20-8-4-13(9-21(20)39-2)3-5-14-6-7-18(31)23-17(14)11-15-10-16-12-19(32)24(28(30)36)27(35)29(16,37)26(34)22(15)25(23)33/h3-9,15-16,31-32,34,37H,10-12H2,1-2H3,(H2,30,36)/b5-3+/t15-,16+,29+/m1/s1. The number of allylic oxidation sites excluding steroid dienone is 2. The summed E-state index contributed by atoms with van der Waals surface area (Å²) in [5, 5.41) is 43.4. The van der Waals surface area contributed by atoms with Gasteiger partial charge >= 0.3 is 0 Å². The summed E-state index contributed by atoms with van der Waals surface area (Å²) in [6.07, 6.45) is 3.61. The third-order valence-electron chi connectivity index (χ3n) is 7.84. The van der Waals surface area contributed by atoms with Gasteiger partial charge < -0.3 is 35.6 Å². The molecule has 0 unspecified atom stereocenters. The molecule has 0 saturated carbocycles. The maximum absolute atomic E-state index is 13.7. The van der Waals surface area contributed by atoms with Gasteiger partial charge in [-0.15, -0.1) is 0 Å². The second kappa shape index (κ2) is 9.32. The highest BCUT2D eigenvalue weighted by molar-refractivity contribution is 6.24. The molecule has 39 heavy (non-hydrogen) atoms. The summed E-state index contributed by atoms with van der Waals surface area (Å²) in [5.41, 5.74) is 3.60. The smallest absolute Gasteiger partial charge is 0.255 e. The van der Waals surface area contributed by atoms with Crippen molar-refractivity contribution in [1.82, 2.24) is 0 Å². The average molecular weight is 534 g/mol. The summed E-state index contributed by atoms with van der Waals surface area (Å²) < 4.78 is 10.6. The number of aliphatic hydroxyl groups is 3. The number of rotatable bonds is 5. The molecule has 0 fully saturated rings. The summed E-state index contributed by atoms with van der Waals surface area (Å²) in [4.78, 5) is 38.5. The molecular weight excluding hydrogens is 506 g/mol. The lowest BCUT2D eigenvalue weighted by Gasteiger charge is -2.45. The first kappa shape index (κ1) is 26.1. The van der Waals surface area contributed by atoms with Crippen LogP contribution in [0.25, 0.3) is 12.2 Å². The fourth-order valence-corrected chi connectivity index (χ4v) is 5.94. The number of amides is 1. The number of phenols is 1. The molecule has 5 rings (SSSR count). The molecule has 3 atom stereocenters. The third kappa shape index (κ3) is 3.87. The van der Waals surface area contributed by atoms with E-state index in [1.54, 1.807) is 24.3 Å². The molecule has 1 amide bonds. The van der Waals surface area contributed by atoms with Crippen LogP contribution in [0.5, 0.6) is 17.2 Å². The Morgan fingerprint density at radius 1 is 1.03 bits per heavy atom. The van der Waals surface area contributed by atoms with Gasteiger partial charge in [0.25, 0.3) is 5.91 Å². The number of nitrogens with two attached hydrogens (primary N) is 1. The van der Waals surface area contributed by atoms with E-state index in [9.17, 15) is 34.8 Å². The summed E-state index contributed by atoms with van der Waals surface area (Å²) in [6, 6.07) is 8.41. The number of methoxy groups -OCH3 is 2. The Bertz CT molecular complexity index is 1530. The first-order valence-corrected chi connectivity index (χ1v) is 12.2. The number of benzene rings is 2. The molecule has 3 aliphatic rings. The predicted molar refractivity (Wildman–Crippen MR) is 139 cm³/mol. The fourth-order valence-electron chi connectivity index (χ4n) is 5.94. The lowest BCUT2D eigenvalue weighted by Crippen LogP contribution is -2.57. The summed E-state index contributed by atoms with van der Waals surface area (Å²) in [6.45, 7) is 0. The Labute approximate surface area is 223 Å². The lowest BCUT2D eigenvalue weighted by molar-refractivity contribution is -0.144. The zero-order valence-corrected chi connectivity index (χ0v) is 21.2. The van der Waals surface area contributed by atoms with Crippen molar-refractivity contribution in [1.29, 1.82) is 0 Å². The first-order chi connectivity index (χ1) is 18.5.